The highest BCUT2D eigenvalue weighted by atomic mass is 19.1. The van der Waals surface area contributed by atoms with Crippen molar-refractivity contribution in [2.45, 2.75) is 64.2 Å². The minimum Gasteiger partial charge on any atom is -0.423 e. The van der Waals surface area contributed by atoms with E-state index in [9.17, 15) is 9.18 Å². The standard InChI is InChI=1S/C30H33F3O2/c1-3-5-6-7-20-12-13-25(18-26(20)31)35-30(34)24-16-27(32)29(28(33)17-24)23-11-10-21-14-19(4-2)8-9-22(21)15-23/h3-5,12-13,16-19,21-23H,2,6-11,14-15H2,1H3/b5-3+. The fourth-order valence-electron chi connectivity index (χ4n) is 5.86. The molecule has 2 fully saturated rings. The van der Waals surface area contributed by atoms with E-state index in [1.54, 1.807) is 6.07 Å². The molecule has 0 radical (unpaired) electrons. The lowest BCUT2D eigenvalue weighted by Crippen LogP contribution is -2.30. The zero-order chi connectivity index (χ0) is 24.9. The minimum absolute atomic E-state index is 0.000579. The van der Waals surface area contributed by atoms with E-state index in [4.69, 9.17) is 4.74 Å². The van der Waals surface area contributed by atoms with Gasteiger partial charge in [0.25, 0.3) is 0 Å². The van der Waals surface area contributed by atoms with Crippen LogP contribution in [0.4, 0.5) is 13.2 Å². The zero-order valence-electron chi connectivity index (χ0n) is 20.2. The topological polar surface area (TPSA) is 26.3 Å². The number of benzene rings is 2. The maximum atomic E-state index is 15.1. The van der Waals surface area contributed by atoms with Crippen LogP contribution in [-0.2, 0) is 6.42 Å². The number of carbonyl (C=O) groups excluding carboxylic acids is 1. The van der Waals surface area contributed by atoms with Crippen molar-refractivity contribution in [1.82, 2.24) is 0 Å². The highest BCUT2D eigenvalue weighted by molar-refractivity contribution is 5.91. The van der Waals surface area contributed by atoms with E-state index in [1.807, 2.05) is 25.2 Å². The summed E-state index contributed by atoms with van der Waals surface area (Å²) in [4.78, 5) is 12.6. The van der Waals surface area contributed by atoms with Crippen LogP contribution in [0.3, 0.4) is 0 Å². The van der Waals surface area contributed by atoms with E-state index in [2.05, 4.69) is 6.58 Å². The van der Waals surface area contributed by atoms with E-state index < -0.39 is 23.4 Å². The van der Waals surface area contributed by atoms with Crippen molar-refractivity contribution in [2.24, 2.45) is 17.8 Å². The zero-order valence-corrected chi connectivity index (χ0v) is 20.2. The maximum absolute atomic E-state index is 15.1. The Kier molecular flexibility index (Phi) is 8.15. The first-order chi connectivity index (χ1) is 16.9. The van der Waals surface area contributed by atoms with Crippen LogP contribution in [0.25, 0.3) is 0 Å². The van der Waals surface area contributed by atoms with Gasteiger partial charge in [-0.25, -0.2) is 18.0 Å². The molecule has 186 valence electrons. The molecule has 2 aromatic rings. The largest absolute Gasteiger partial charge is 0.423 e. The predicted molar refractivity (Wildman–Crippen MR) is 132 cm³/mol. The summed E-state index contributed by atoms with van der Waals surface area (Å²) in [5, 5.41) is 0. The first-order valence-corrected chi connectivity index (χ1v) is 12.6. The third kappa shape index (κ3) is 5.88. The van der Waals surface area contributed by atoms with Crippen molar-refractivity contribution in [3.05, 3.63) is 89.3 Å². The van der Waals surface area contributed by atoms with Gasteiger partial charge in [-0.1, -0.05) is 24.3 Å². The Morgan fingerprint density at radius 3 is 2.40 bits per heavy atom. The fraction of sp³-hybridized carbons (Fsp3) is 0.433. The maximum Gasteiger partial charge on any atom is 0.343 e. The van der Waals surface area contributed by atoms with Gasteiger partial charge in [0, 0.05) is 11.6 Å². The Balaban J connectivity index is 1.43. The van der Waals surface area contributed by atoms with E-state index in [0.717, 1.165) is 56.7 Å². The molecule has 2 nitrogen and oxygen atoms in total. The van der Waals surface area contributed by atoms with Crippen LogP contribution in [0.2, 0.25) is 0 Å². The van der Waals surface area contributed by atoms with Crippen LogP contribution in [0.5, 0.6) is 5.75 Å². The summed E-state index contributed by atoms with van der Waals surface area (Å²) in [6, 6.07) is 6.27. The molecule has 2 saturated carbocycles. The molecule has 2 aliphatic carbocycles. The van der Waals surface area contributed by atoms with Gasteiger partial charge >= 0.3 is 5.97 Å². The van der Waals surface area contributed by atoms with Crippen LogP contribution >= 0.6 is 0 Å². The van der Waals surface area contributed by atoms with Crippen molar-refractivity contribution >= 4 is 5.97 Å². The molecule has 0 spiro atoms. The third-order valence-corrected chi connectivity index (χ3v) is 7.76. The molecule has 0 bridgehead atoms. The second kappa shape index (κ2) is 11.3. The minimum atomic E-state index is -0.915. The van der Waals surface area contributed by atoms with Crippen LogP contribution in [0, 0.1) is 35.2 Å². The van der Waals surface area contributed by atoms with Gasteiger partial charge in [-0.05, 0) is 106 Å². The molecule has 2 aromatic carbocycles. The number of carbonyl (C=O) groups is 1. The number of hydrogen-bond donors (Lipinski definition) is 0. The lowest BCUT2D eigenvalue weighted by atomic mass is 9.64. The van der Waals surface area contributed by atoms with Crippen molar-refractivity contribution in [2.75, 3.05) is 0 Å². The molecule has 4 atom stereocenters. The Hall–Kier alpha value is -2.82. The summed E-state index contributed by atoms with van der Waals surface area (Å²) < 4.78 is 49.7. The van der Waals surface area contributed by atoms with Gasteiger partial charge in [0.1, 0.15) is 23.2 Å². The molecule has 0 saturated heterocycles. The molecule has 0 aromatic heterocycles. The molecular weight excluding hydrogens is 449 g/mol. The molecular formula is C30H33F3O2. The summed E-state index contributed by atoms with van der Waals surface area (Å²) >= 11 is 0. The number of allylic oxidation sites excluding steroid dienone is 3. The smallest absolute Gasteiger partial charge is 0.343 e. The summed E-state index contributed by atoms with van der Waals surface area (Å²) in [5.41, 5.74) is 0.362. The normalized spacial score (nSPS) is 24.2. The average molecular weight is 483 g/mol. The predicted octanol–water partition coefficient (Wildman–Crippen LogP) is 8.32. The van der Waals surface area contributed by atoms with Crippen molar-refractivity contribution in [3.63, 3.8) is 0 Å². The second-order valence-corrected chi connectivity index (χ2v) is 9.94. The first kappa shape index (κ1) is 25.3. The second-order valence-electron chi connectivity index (χ2n) is 9.94. The molecule has 0 N–H and O–H groups in total. The number of halogens is 3. The van der Waals surface area contributed by atoms with Gasteiger partial charge in [-0.3, -0.25) is 0 Å². The SMILES string of the molecule is C=CC1CCC2CC(c3c(F)cc(C(=O)Oc4ccc(CC/C=C/C)c(F)c4)cc3F)CCC2C1. The van der Waals surface area contributed by atoms with Gasteiger partial charge in [-0.2, -0.15) is 0 Å². The third-order valence-electron chi connectivity index (χ3n) is 7.76. The van der Waals surface area contributed by atoms with Crippen molar-refractivity contribution < 1.29 is 22.7 Å². The Labute approximate surface area is 205 Å². The number of ether oxygens (including phenoxy) is 1. The quantitative estimate of drug-likeness (QED) is 0.225. The summed E-state index contributed by atoms with van der Waals surface area (Å²) in [6.07, 6.45) is 12.8. The molecule has 4 unspecified atom stereocenters. The van der Waals surface area contributed by atoms with Crippen molar-refractivity contribution in [1.29, 1.82) is 0 Å². The van der Waals surface area contributed by atoms with Crippen LogP contribution in [-0.4, -0.2) is 5.97 Å². The van der Waals surface area contributed by atoms with Gasteiger partial charge < -0.3 is 4.74 Å². The van der Waals surface area contributed by atoms with Crippen LogP contribution < -0.4 is 4.74 Å². The molecule has 4 rings (SSSR count). The molecule has 35 heavy (non-hydrogen) atoms. The Bertz CT molecular complexity index is 1080. The number of hydrogen-bond acceptors (Lipinski definition) is 2. The molecule has 0 amide bonds. The number of rotatable bonds is 7. The van der Waals surface area contributed by atoms with Gasteiger partial charge in [0.15, 0.2) is 0 Å². The van der Waals surface area contributed by atoms with E-state index in [-0.39, 0.29) is 22.8 Å². The summed E-state index contributed by atoms with van der Waals surface area (Å²) in [5.74, 6) is -1.40. The first-order valence-electron chi connectivity index (χ1n) is 12.6. The lowest BCUT2D eigenvalue weighted by molar-refractivity contribution is 0.0733. The van der Waals surface area contributed by atoms with Crippen LogP contribution in [0.1, 0.15) is 79.3 Å². The van der Waals surface area contributed by atoms with E-state index in [1.165, 1.54) is 6.07 Å². The van der Waals surface area contributed by atoms with E-state index in [0.29, 0.717) is 36.2 Å². The number of aryl methyl sites for hydroxylation is 1. The Morgan fingerprint density at radius 1 is 1.00 bits per heavy atom. The Morgan fingerprint density at radius 2 is 1.71 bits per heavy atom. The molecule has 0 heterocycles. The van der Waals surface area contributed by atoms with Gasteiger partial charge in [0.2, 0.25) is 0 Å². The fourth-order valence-corrected chi connectivity index (χ4v) is 5.86. The number of esters is 1. The summed E-state index contributed by atoms with van der Waals surface area (Å²) in [6.45, 7) is 5.82. The average Bonchev–Trinajstić information content (AvgIpc) is 2.84. The molecule has 5 heteroatoms. The number of fused-ring (bicyclic) bond motifs is 1. The van der Waals surface area contributed by atoms with Gasteiger partial charge in [0.05, 0.1) is 5.56 Å². The lowest BCUT2D eigenvalue weighted by Gasteiger charge is -2.41. The van der Waals surface area contributed by atoms with Crippen molar-refractivity contribution in [3.8, 4) is 5.75 Å². The van der Waals surface area contributed by atoms with E-state index >= 15 is 8.78 Å². The molecule has 0 aliphatic heterocycles. The highest BCUT2D eigenvalue weighted by Crippen LogP contribution is 2.48. The monoisotopic (exact) mass is 482 g/mol. The van der Waals surface area contributed by atoms with Gasteiger partial charge in [-0.15, -0.1) is 6.58 Å². The highest BCUT2D eigenvalue weighted by Gasteiger charge is 2.37. The van der Waals surface area contributed by atoms with Crippen LogP contribution in [0.15, 0.2) is 55.1 Å². The summed E-state index contributed by atoms with van der Waals surface area (Å²) in [7, 11) is 0. The molecule has 2 aliphatic rings.